The summed E-state index contributed by atoms with van der Waals surface area (Å²) < 4.78 is 0. The number of hydrogen-bond donors (Lipinski definition) is 2. The first-order valence-electron chi connectivity index (χ1n) is 7.55. The van der Waals surface area contributed by atoms with Gasteiger partial charge < -0.3 is 11.1 Å². The zero-order valence-electron chi connectivity index (χ0n) is 11.9. The number of anilines is 2. The Morgan fingerprint density at radius 1 is 1.16 bits per heavy atom. The molecule has 1 unspecified atom stereocenters. The van der Waals surface area contributed by atoms with Gasteiger partial charge in [0.2, 0.25) is 0 Å². The summed E-state index contributed by atoms with van der Waals surface area (Å²) in [7, 11) is 0. The third-order valence-electron chi connectivity index (χ3n) is 4.61. The van der Waals surface area contributed by atoms with Gasteiger partial charge in [0.25, 0.3) is 0 Å². The summed E-state index contributed by atoms with van der Waals surface area (Å²) in [5.41, 5.74) is 7.02. The van der Waals surface area contributed by atoms with Crippen molar-refractivity contribution in [1.82, 2.24) is 9.97 Å². The van der Waals surface area contributed by atoms with Crippen LogP contribution in [0.4, 0.5) is 11.6 Å². The normalized spacial score (nSPS) is 21.6. The van der Waals surface area contributed by atoms with Crippen LogP contribution < -0.4 is 11.1 Å². The second kappa shape index (κ2) is 4.99. The van der Waals surface area contributed by atoms with Gasteiger partial charge in [0.05, 0.1) is 0 Å². The molecule has 0 saturated heterocycles. The average Bonchev–Trinajstić information content (AvgIpc) is 3.09. The van der Waals surface area contributed by atoms with Gasteiger partial charge in [0, 0.05) is 17.5 Å². The highest BCUT2D eigenvalue weighted by Crippen LogP contribution is 2.39. The summed E-state index contributed by atoms with van der Waals surface area (Å²) in [5.74, 6) is 3.85. The molecular weight excluding hydrogens is 236 g/mol. The van der Waals surface area contributed by atoms with Crippen molar-refractivity contribution in [2.24, 2.45) is 5.92 Å². The topological polar surface area (TPSA) is 63.8 Å². The lowest BCUT2D eigenvalue weighted by molar-refractivity contribution is 0.480. The van der Waals surface area contributed by atoms with E-state index in [1.807, 2.05) is 6.92 Å². The largest absolute Gasteiger partial charge is 0.383 e. The van der Waals surface area contributed by atoms with Crippen LogP contribution in [0.2, 0.25) is 0 Å². The van der Waals surface area contributed by atoms with Crippen molar-refractivity contribution >= 4 is 11.6 Å². The Hall–Kier alpha value is -1.32. The minimum Gasteiger partial charge on any atom is -0.383 e. The van der Waals surface area contributed by atoms with E-state index in [2.05, 4.69) is 17.2 Å². The quantitative estimate of drug-likeness (QED) is 0.872. The molecule has 1 atom stereocenters. The molecule has 0 bridgehead atoms. The van der Waals surface area contributed by atoms with E-state index in [9.17, 15) is 0 Å². The Morgan fingerprint density at radius 2 is 1.84 bits per heavy atom. The molecular formula is C15H24N4. The van der Waals surface area contributed by atoms with Crippen molar-refractivity contribution < 1.29 is 0 Å². The number of nitrogens with one attached hydrogen (secondary N) is 1. The number of rotatable bonds is 4. The van der Waals surface area contributed by atoms with Crippen molar-refractivity contribution in [3.63, 3.8) is 0 Å². The molecule has 3 N–H and O–H groups in total. The van der Waals surface area contributed by atoms with Crippen molar-refractivity contribution in [3.05, 3.63) is 11.4 Å². The number of nitrogens with two attached hydrogens (primary N) is 1. The Balaban J connectivity index is 1.78. The van der Waals surface area contributed by atoms with Crippen LogP contribution in [0.1, 0.15) is 62.8 Å². The molecule has 4 nitrogen and oxygen atoms in total. The molecule has 2 saturated carbocycles. The highest BCUT2D eigenvalue weighted by Gasteiger charge is 2.28. The van der Waals surface area contributed by atoms with Gasteiger partial charge in [0.15, 0.2) is 0 Å². The van der Waals surface area contributed by atoms with Crippen LogP contribution in [0.5, 0.6) is 0 Å². The molecule has 19 heavy (non-hydrogen) atoms. The maximum absolute atomic E-state index is 6.03. The monoisotopic (exact) mass is 260 g/mol. The molecule has 1 aromatic heterocycles. The molecule has 2 fully saturated rings. The third kappa shape index (κ3) is 2.67. The van der Waals surface area contributed by atoms with Crippen LogP contribution >= 0.6 is 0 Å². The van der Waals surface area contributed by atoms with Crippen LogP contribution in [-0.4, -0.2) is 16.0 Å². The molecule has 104 valence electrons. The van der Waals surface area contributed by atoms with Crippen LogP contribution in [0.3, 0.4) is 0 Å². The maximum Gasteiger partial charge on any atom is 0.136 e. The summed E-state index contributed by atoms with van der Waals surface area (Å²) in [5, 5.41) is 3.58. The first-order valence-corrected chi connectivity index (χ1v) is 7.55. The second-order valence-corrected chi connectivity index (χ2v) is 6.19. The van der Waals surface area contributed by atoms with E-state index in [0.717, 1.165) is 23.1 Å². The Kier molecular flexibility index (Phi) is 3.33. The molecule has 0 spiro atoms. The molecule has 2 aliphatic carbocycles. The van der Waals surface area contributed by atoms with Crippen molar-refractivity contribution in [1.29, 1.82) is 0 Å². The van der Waals surface area contributed by atoms with Crippen LogP contribution in [0.25, 0.3) is 0 Å². The predicted molar refractivity (Wildman–Crippen MR) is 78.2 cm³/mol. The zero-order chi connectivity index (χ0) is 13.4. The van der Waals surface area contributed by atoms with E-state index in [1.165, 1.54) is 38.5 Å². The summed E-state index contributed by atoms with van der Waals surface area (Å²) in [6.45, 7) is 4.28. The first-order chi connectivity index (χ1) is 9.15. The lowest BCUT2D eigenvalue weighted by atomic mass is 10.00. The Labute approximate surface area is 115 Å². The SMILES string of the molecule is Cc1c(N)nc(C2CC2)nc1NC(C)C1CCCC1. The molecule has 0 aromatic carbocycles. The second-order valence-electron chi connectivity index (χ2n) is 6.19. The Bertz CT molecular complexity index is 461. The van der Waals surface area contributed by atoms with Crippen molar-refractivity contribution in [3.8, 4) is 0 Å². The minimum atomic E-state index is 0.475. The van der Waals surface area contributed by atoms with E-state index in [4.69, 9.17) is 10.7 Å². The van der Waals surface area contributed by atoms with Crippen molar-refractivity contribution in [2.75, 3.05) is 11.1 Å². The highest BCUT2D eigenvalue weighted by atomic mass is 15.1. The highest BCUT2D eigenvalue weighted by molar-refractivity contribution is 5.55. The van der Waals surface area contributed by atoms with Gasteiger partial charge in [0.1, 0.15) is 17.5 Å². The van der Waals surface area contributed by atoms with Crippen LogP contribution in [0, 0.1) is 12.8 Å². The third-order valence-corrected chi connectivity index (χ3v) is 4.61. The summed E-state index contributed by atoms with van der Waals surface area (Å²) in [6, 6.07) is 0.475. The van der Waals surface area contributed by atoms with Crippen LogP contribution in [-0.2, 0) is 0 Å². The fourth-order valence-electron chi connectivity index (χ4n) is 3.01. The van der Waals surface area contributed by atoms with Gasteiger partial charge in [-0.15, -0.1) is 0 Å². The fourth-order valence-corrected chi connectivity index (χ4v) is 3.01. The number of hydrogen-bond acceptors (Lipinski definition) is 4. The van der Waals surface area contributed by atoms with E-state index in [0.29, 0.717) is 17.8 Å². The van der Waals surface area contributed by atoms with Gasteiger partial charge in [-0.05, 0) is 45.4 Å². The smallest absolute Gasteiger partial charge is 0.136 e. The van der Waals surface area contributed by atoms with Crippen LogP contribution in [0.15, 0.2) is 0 Å². The van der Waals surface area contributed by atoms with Gasteiger partial charge in [-0.3, -0.25) is 0 Å². The molecule has 3 rings (SSSR count). The molecule has 4 heteroatoms. The summed E-state index contributed by atoms with van der Waals surface area (Å²) in [6.07, 6.45) is 7.83. The predicted octanol–water partition coefficient (Wildman–Crippen LogP) is 3.24. The average molecular weight is 260 g/mol. The standard InChI is InChI=1S/C15H24N4/c1-9-13(16)18-15(12-7-8-12)19-14(9)17-10(2)11-5-3-4-6-11/h10-12H,3-8H2,1-2H3,(H3,16,17,18,19). The van der Waals surface area contributed by atoms with Gasteiger partial charge in [-0.2, -0.15) is 0 Å². The Morgan fingerprint density at radius 3 is 2.47 bits per heavy atom. The fraction of sp³-hybridized carbons (Fsp3) is 0.733. The number of nitrogen functional groups attached to an aromatic ring is 1. The molecule has 1 heterocycles. The first kappa shape index (κ1) is 12.7. The molecule has 0 aliphatic heterocycles. The lowest BCUT2D eigenvalue weighted by Crippen LogP contribution is -2.25. The summed E-state index contributed by atoms with van der Waals surface area (Å²) >= 11 is 0. The minimum absolute atomic E-state index is 0.475. The summed E-state index contributed by atoms with van der Waals surface area (Å²) in [4.78, 5) is 9.13. The number of aromatic nitrogens is 2. The van der Waals surface area contributed by atoms with E-state index < -0.39 is 0 Å². The number of nitrogens with zero attached hydrogens (tertiary/aromatic N) is 2. The van der Waals surface area contributed by atoms with E-state index in [1.54, 1.807) is 0 Å². The molecule has 1 aromatic rings. The van der Waals surface area contributed by atoms with Gasteiger partial charge >= 0.3 is 0 Å². The maximum atomic E-state index is 6.03. The lowest BCUT2D eigenvalue weighted by Gasteiger charge is -2.22. The molecule has 2 aliphatic rings. The molecule has 0 radical (unpaired) electrons. The van der Waals surface area contributed by atoms with Gasteiger partial charge in [-0.1, -0.05) is 12.8 Å². The van der Waals surface area contributed by atoms with E-state index >= 15 is 0 Å². The zero-order valence-corrected chi connectivity index (χ0v) is 11.9. The van der Waals surface area contributed by atoms with Crippen molar-refractivity contribution in [2.45, 2.75) is 64.3 Å². The van der Waals surface area contributed by atoms with E-state index in [-0.39, 0.29) is 0 Å². The molecule has 0 amide bonds. The van der Waals surface area contributed by atoms with Gasteiger partial charge in [-0.25, -0.2) is 9.97 Å².